The maximum Gasteiger partial charge on any atom is 0.119 e. The second kappa shape index (κ2) is 7.30. The summed E-state index contributed by atoms with van der Waals surface area (Å²) in [5.41, 5.74) is 1.32. The Labute approximate surface area is 92.2 Å². The summed E-state index contributed by atoms with van der Waals surface area (Å²) in [5, 5.41) is 0. The predicted molar refractivity (Wildman–Crippen MR) is 62.4 cm³/mol. The van der Waals surface area contributed by atoms with E-state index in [1.54, 1.807) is 0 Å². The van der Waals surface area contributed by atoms with Crippen molar-refractivity contribution in [1.82, 2.24) is 0 Å². The van der Waals surface area contributed by atoms with Crippen LogP contribution in [0.3, 0.4) is 0 Å². The van der Waals surface area contributed by atoms with Crippen LogP contribution in [0.25, 0.3) is 0 Å². The van der Waals surface area contributed by atoms with E-state index in [2.05, 4.69) is 19.1 Å². The normalized spacial score (nSPS) is 10.3. The molecule has 0 aromatic heterocycles. The van der Waals surface area contributed by atoms with Gasteiger partial charge < -0.3 is 9.47 Å². The quantitative estimate of drug-likeness (QED) is 0.641. The summed E-state index contributed by atoms with van der Waals surface area (Å²) in [6.45, 7) is 6.45. The Kier molecular flexibility index (Phi) is 5.86. The summed E-state index contributed by atoms with van der Waals surface area (Å²) >= 11 is 0. The van der Waals surface area contributed by atoms with Crippen LogP contribution in [-0.2, 0) is 11.2 Å². The zero-order chi connectivity index (χ0) is 10.9. The average molecular weight is 208 g/mol. The van der Waals surface area contributed by atoms with Gasteiger partial charge in [0.1, 0.15) is 5.75 Å². The third-order valence-electron chi connectivity index (χ3n) is 2.21. The van der Waals surface area contributed by atoms with E-state index in [4.69, 9.17) is 9.47 Å². The summed E-state index contributed by atoms with van der Waals surface area (Å²) in [5.74, 6) is 0.964. The molecule has 0 aliphatic carbocycles. The van der Waals surface area contributed by atoms with Crippen LogP contribution in [0.4, 0.5) is 0 Å². The summed E-state index contributed by atoms with van der Waals surface area (Å²) < 4.78 is 10.9. The second-order valence-electron chi connectivity index (χ2n) is 3.40. The number of benzene rings is 1. The molecule has 0 saturated heterocycles. The highest BCUT2D eigenvalue weighted by molar-refractivity contribution is 5.28. The molecule has 0 unspecified atom stereocenters. The number of hydrogen-bond acceptors (Lipinski definition) is 2. The summed E-state index contributed by atoms with van der Waals surface area (Å²) in [7, 11) is 0. The number of hydrogen-bond donors (Lipinski definition) is 0. The van der Waals surface area contributed by atoms with Gasteiger partial charge in [0.15, 0.2) is 0 Å². The fraction of sp³-hybridized carbons (Fsp3) is 0.538. The zero-order valence-corrected chi connectivity index (χ0v) is 9.66. The number of ether oxygens (including phenoxy) is 2. The summed E-state index contributed by atoms with van der Waals surface area (Å²) in [4.78, 5) is 0. The first kappa shape index (κ1) is 12.1. The minimum absolute atomic E-state index is 0.729. The van der Waals surface area contributed by atoms with Gasteiger partial charge in [-0.05, 0) is 31.0 Å². The lowest BCUT2D eigenvalue weighted by molar-refractivity contribution is 0.131. The Balaban J connectivity index is 2.24. The Morgan fingerprint density at radius 1 is 1.13 bits per heavy atom. The molecule has 0 N–H and O–H groups in total. The van der Waals surface area contributed by atoms with Gasteiger partial charge in [-0.15, -0.1) is 0 Å². The molecule has 0 atom stereocenters. The van der Waals surface area contributed by atoms with Crippen molar-refractivity contribution in [2.24, 2.45) is 0 Å². The van der Waals surface area contributed by atoms with Crippen LogP contribution >= 0.6 is 0 Å². The van der Waals surface area contributed by atoms with Crippen LogP contribution in [0.15, 0.2) is 24.3 Å². The highest BCUT2D eigenvalue weighted by Gasteiger charge is 1.95. The van der Waals surface area contributed by atoms with Crippen molar-refractivity contribution in [3.8, 4) is 5.75 Å². The minimum atomic E-state index is 0.729. The molecule has 0 amide bonds. The summed E-state index contributed by atoms with van der Waals surface area (Å²) in [6.07, 6.45) is 2.00. The van der Waals surface area contributed by atoms with E-state index in [-0.39, 0.29) is 0 Å². The molecule has 84 valence electrons. The minimum Gasteiger partial charge on any atom is -0.493 e. The van der Waals surface area contributed by atoms with Crippen molar-refractivity contribution in [1.29, 1.82) is 0 Å². The first-order valence-electron chi connectivity index (χ1n) is 5.66. The van der Waals surface area contributed by atoms with Gasteiger partial charge in [0.2, 0.25) is 0 Å². The van der Waals surface area contributed by atoms with Crippen molar-refractivity contribution >= 4 is 0 Å². The predicted octanol–water partition coefficient (Wildman–Crippen LogP) is 3.05. The van der Waals surface area contributed by atoms with Crippen LogP contribution in [0.2, 0.25) is 0 Å². The lowest BCUT2D eigenvalue weighted by Crippen LogP contribution is -2.02. The number of rotatable bonds is 7. The van der Waals surface area contributed by atoms with E-state index in [1.807, 2.05) is 19.1 Å². The lowest BCUT2D eigenvalue weighted by Gasteiger charge is -2.07. The van der Waals surface area contributed by atoms with Gasteiger partial charge in [-0.25, -0.2) is 0 Å². The highest BCUT2D eigenvalue weighted by atomic mass is 16.5. The first-order valence-corrected chi connectivity index (χ1v) is 5.66. The zero-order valence-electron chi connectivity index (χ0n) is 9.66. The van der Waals surface area contributed by atoms with Crippen molar-refractivity contribution in [2.45, 2.75) is 26.7 Å². The Hall–Kier alpha value is -1.02. The fourth-order valence-electron chi connectivity index (χ4n) is 1.35. The van der Waals surface area contributed by atoms with Gasteiger partial charge in [-0.3, -0.25) is 0 Å². The molecule has 1 rings (SSSR count). The van der Waals surface area contributed by atoms with E-state index in [0.29, 0.717) is 0 Å². The Bertz CT molecular complexity index is 271. The van der Waals surface area contributed by atoms with Crippen molar-refractivity contribution in [2.75, 3.05) is 19.8 Å². The Morgan fingerprint density at radius 2 is 2.00 bits per heavy atom. The molecule has 0 aliphatic heterocycles. The molecule has 0 saturated carbocycles. The van der Waals surface area contributed by atoms with Crippen LogP contribution in [0.1, 0.15) is 25.8 Å². The molecule has 2 nitrogen and oxygen atoms in total. The molecular formula is C13H20O2. The lowest BCUT2D eigenvalue weighted by atomic mass is 10.2. The van der Waals surface area contributed by atoms with Crippen LogP contribution in [-0.4, -0.2) is 19.8 Å². The van der Waals surface area contributed by atoms with Crippen LogP contribution < -0.4 is 4.74 Å². The van der Waals surface area contributed by atoms with Gasteiger partial charge in [-0.1, -0.05) is 19.1 Å². The number of aryl methyl sites for hydroxylation is 1. The molecule has 0 radical (unpaired) electrons. The molecular weight excluding hydrogens is 188 g/mol. The van der Waals surface area contributed by atoms with Crippen LogP contribution in [0, 0.1) is 0 Å². The summed E-state index contributed by atoms with van der Waals surface area (Å²) in [6, 6.07) is 8.25. The molecule has 15 heavy (non-hydrogen) atoms. The SMILES string of the molecule is CCOCCCOc1cccc(CC)c1. The molecule has 1 aromatic carbocycles. The molecule has 0 fully saturated rings. The Morgan fingerprint density at radius 3 is 2.73 bits per heavy atom. The molecule has 1 aromatic rings. The van der Waals surface area contributed by atoms with E-state index in [1.165, 1.54) is 5.56 Å². The van der Waals surface area contributed by atoms with Gasteiger partial charge in [0.25, 0.3) is 0 Å². The highest BCUT2D eigenvalue weighted by Crippen LogP contribution is 2.13. The van der Waals surface area contributed by atoms with E-state index >= 15 is 0 Å². The molecule has 0 spiro atoms. The molecule has 0 bridgehead atoms. The molecule has 2 heteroatoms. The standard InChI is InChI=1S/C13H20O2/c1-3-12-7-5-8-13(11-12)15-10-6-9-14-4-2/h5,7-8,11H,3-4,6,9-10H2,1-2H3. The van der Waals surface area contributed by atoms with Gasteiger partial charge in [0.05, 0.1) is 6.61 Å². The third-order valence-corrected chi connectivity index (χ3v) is 2.21. The fourth-order valence-corrected chi connectivity index (χ4v) is 1.35. The van der Waals surface area contributed by atoms with Gasteiger partial charge >= 0.3 is 0 Å². The van der Waals surface area contributed by atoms with Crippen molar-refractivity contribution in [3.63, 3.8) is 0 Å². The largest absolute Gasteiger partial charge is 0.493 e. The van der Waals surface area contributed by atoms with Crippen LogP contribution in [0.5, 0.6) is 5.75 Å². The van der Waals surface area contributed by atoms with E-state index < -0.39 is 0 Å². The molecule has 0 heterocycles. The van der Waals surface area contributed by atoms with Gasteiger partial charge in [-0.2, -0.15) is 0 Å². The second-order valence-corrected chi connectivity index (χ2v) is 3.40. The monoisotopic (exact) mass is 208 g/mol. The maximum atomic E-state index is 5.62. The van der Waals surface area contributed by atoms with Crippen molar-refractivity contribution < 1.29 is 9.47 Å². The van der Waals surface area contributed by atoms with E-state index in [0.717, 1.165) is 38.4 Å². The van der Waals surface area contributed by atoms with Crippen molar-refractivity contribution in [3.05, 3.63) is 29.8 Å². The average Bonchev–Trinajstić information content (AvgIpc) is 2.29. The van der Waals surface area contributed by atoms with E-state index in [9.17, 15) is 0 Å². The topological polar surface area (TPSA) is 18.5 Å². The maximum absolute atomic E-state index is 5.62. The van der Waals surface area contributed by atoms with Gasteiger partial charge in [0, 0.05) is 19.6 Å². The molecule has 0 aliphatic rings. The smallest absolute Gasteiger partial charge is 0.119 e. The first-order chi connectivity index (χ1) is 7.36. The third kappa shape index (κ3) is 4.84.